The summed E-state index contributed by atoms with van der Waals surface area (Å²) in [4.78, 5) is 14.9. The van der Waals surface area contributed by atoms with Gasteiger partial charge in [-0.1, -0.05) is 11.6 Å². The topological polar surface area (TPSA) is 69.6 Å². The molecule has 0 spiro atoms. The number of halogens is 3. The standard InChI is InChI=1S/C20H19ClF2N4O3/c1-10-9-27(4-5-30-10)20-11-6-15(21)24-8-12(11)25-19(26-20)16-17(22)13(28-2)7-14(29-3)18(16)23/h6-8,10H,4-5,9H2,1-3H3. The normalized spacial score (nSPS) is 16.7. The van der Waals surface area contributed by atoms with E-state index in [-0.39, 0.29) is 28.6 Å². The van der Waals surface area contributed by atoms with E-state index in [1.165, 1.54) is 20.4 Å². The van der Waals surface area contributed by atoms with E-state index in [1.54, 1.807) is 6.07 Å². The Hall–Kier alpha value is -2.78. The van der Waals surface area contributed by atoms with E-state index in [0.29, 0.717) is 36.4 Å². The zero-order valence-corrected chi connectivity index (χ0v) is 17.3. The summed E-state index contributed by atoms with van der Waals surface area (Å²) < 4.78 is 45.8. The highest BCUT2D eigenvalue weighted by Gasteiger charge is 2.27. The van der Waals surface area contributed by atoms with Crippen LogP contribution in [0.5, 0.6) is 11.5 Å². The van der Waals surface area contributed by atoms with Crippen LogP contribution in [0.4, 0.5) is 14.6 Å². The minimum absolute atomic E-state index is 0.0325. The van der Waals surface area contributed by atoms with Gasteiger partial charge in [0, 0.05) is 24.5 Å². The van der Waals surface area contributed by atoms with E-state index in [1.807, 2.05) is 11.8 Å². The Morgan fingerprint density at radius 3 is 2.47 bits per heavy atom. The Balaban J connectivity index is 1.98. The molecule has 7 nitrogen and oxygen atoms in total. The lowest BCUT2D eigenvalue weighted by atomic mass is 10.1. The minimum atomic E-state index is -0.918. The van der Waals surface area contributed by atoms with Crippen LogP contribution in [0.1, 0.15) is 6.92 Å². The average molecular weight is 437 g/mol. The fraction of sp³-hybridized carbons (Fsp3) is 0.350. The first-order valence-electron chi connectivity index (χ1n) is 9.23. The van der Waals surface area contributed by atoms with Crippen LogP contribution in [0, 0.1) is 11.6 Å². The number of anilines is 1. The van der Waals surface area contributed by atoms with Crippen LogP contribution in [0.3, 0.4) is 0 Å². The van der Waals surface area contributed by atoms with Crippen LogP contribution < -0.4 is 14.4 Å². The molecule has 1 aliphatic heterocycles. The molecular weight excluding hydrogens is 418 g/mol. The molecule has 0 saturated carbocycles. The number of nitrogens with zero attached hydrogens (tertiary/aromatic N) is 4. The van der Waals surface area contributed by atoms with Crippen molar-refractivity contribution in [2.75, 3.05) is 38.8 Å². The molecule has 4 rings (SSSR count). The number of aromatic nitrogens is 3. The van der Waals surface area contributed by atoms with Gasteiger partial charge in [0.25, 0.3) is 0 Å². The second kappa shape index (κ2) is 8.16. The third-order valence-electron chi connectivity index (χ3n) is 4.87. The van der Waals surface area contributed by atoms with Crippen molar-refractivity contribution in [2.45, 2.75) is 13.0 Å². The lowest BCUT2D eigenvalue weighted by Gasteiger charge is -2.32. The molecule has 1 atom stereocenters. The summed E-state index contributed by atoms with van der Waals surface area (Å²) in [5.74, 6) is -1.84. The average Bonchev–Trinajstić information content (AvgIpc) is 2.73. The largest absolute Gasteiger partial charge is 0.494 e. The molecule has 1 fully saturated rings. The number of benzene rings is 1. The fourth-order valence-corrected chi connectivity index (χ4v) is 3.59. The molecule has 30 heavy (non-hydrogen) atoms. The van der Waals surface area contributed by atoms with Crippen molar-refractivity contribution < 1.29 is 23.0 Å². The van der Waals surface area contributed by atoms with E-state index in [4.69, 9.17) is 25.8 Å². The van der Waals surface area contributed by atoms with Crippen molar-refractivity contribution in [2.24, 2.45) is 0 Å². The number of hydrogen-bond donors (Lipinski definition) is 0. The summed E-state index contributed by atoms with van der Waals surface area (Å²) >= 11 is 6.08. The number of pyridine rings is 1. The maximum atomic E-state index is 15.1. The zero-order valence-electron chi connectivity index (χ0n) is 16.6. The number of ether oxygens (including phenoxy) is 3. The van der Waals surface area contributed by atoms with Gasteiger partial charge in [-0.05, 0) is 13.0 Å². The predicted octanol–water partition coefficient (Wildman–Crippen LogP) is 3.87. The smallest absolute Gasteiger partial charge is 0.179 e. The van der Waals surface area contributed by atoms with Gasteiger partial charge < -0.3 is 19.1 Å². The molecule has 0 amide bonds. The number of rotatable bonds is 4. The van der Waals surface area contributed by atoms with E-state index in [2.05, 4.69) is 15.0 Å². The maximum Gasteiger partial charge on any atom is 0.179 e. The van der Waals surface area contributed by atoms with E-state index in [0.717, 1.165) is 6.07 Å². The van der Waals surface area contributed by atoms with Gasteiger partial charge in [0.05, 0.1) is 44.2 Å². The molecule has 158 valence electrons. The van der Waals surface area contributed by atoms with Gasteiger partial charge in [-0.15, -0.1) is 0 Å². The predicted molar refractivity (Wildman–Crippen MR) is 108 cm³/mol. The molecule has 0 bridgehead atoms. The molecule has 10 heteroatoms. The van der Waals surface area contributed by atoms with Crippen molar-refractivity contribution in [3.05, 3.63) is 35.1 Å². The van der Waals surface area contributed by atoms with Gasteiger partial charge in [-0.2, -0.15) is 0 Å². The molecule has 3 aromatic rings. The summed E-state index contributed by atoms with van der Waals surface area (Å²) in [6, 6.07) is 2.77. The highest BCUT2D eigenvalue weighted by Crippen LogP contribution is 2.38. The lowest BCUT2D eigenvalue weighted by molar-refractivity contribution is 0.0530. The highest BCUT2D eigenvalue weighted by molar-refractivity contribution is 6.30. The van der Waals surface area contributed by atoms with Crippen molar-refractivity contribution >= 4 is 28.3 Å². The Morgan fingerprint density at radius 2 is 1.83 bits per heavy atom. The first-order chi connectivity index (χ1) is 14.4. The second-order valence-electron chi connectivity index (χ2n) is 6.81. The molecule has 1 unspecified atom stereocenters. The Labute approximate surface area is 176 Å². The Bertz CT molecular complexity index is 1090. The summed E-state index contributed by atoms with van der Waals surface area (Å²) in [5.41, 5.74) is -0.0373. The van der Waals surface area contributed by atoms with Crippen molar-refractivity contribution in [3.8, 4) is 22.9 Å². The fourth-order valence-electron chi connectivity index (χ4n) is 3.44. The molecule has 1 saturated heterocycles. The van der Waals surface area contributed by atoms with E-state index < -0.39 is 17.2 Å². The van der Waals surface area contributed by atoms with Crippen LogP contribution in [-0.4, -0.2) is 55.0 Å². The van der Waals surface area contributed by atoms with Gasteiger partial charge in [0.15, 0.2) is 29.0 Å². The SMILES string of the molecule is COc1cc(OC)c(F)c(-c2nc(N3CCOC(C)C3)c3cc(Cl)ncc3n2)c1F. The van der Waals surface area contributed by atoms with Crippen molar-refractivity contribution in [3.63, 3.8) is 0 Å². The molecule has 0 radical (unpaired) electrons. The summed E-state index contributed by atoms with van der Waals surface area (Å²) in [6.07, 6.45) is 1.42. The summed E-state index contributed by atoms with van der Waals surface area (Å²) in [7, 11) is 2.57. The Morgan fingerprint density at radius 1 is 1.13 bits per heavy atom. The summed E-state index contributed by atoms with van der Waals surface area (Å²) in [5, 5.41) is 0.894. The molecule has 0 aliphatic carbocycles. The van der Waals surface area contributed by atoms with Crippen molar-refractivity contribution in [1.82, 2.24) is 15.0 Å². The first-order valence-corrected chi connectivity index (χ1v) is 9.61. The molecular formula is C20H19ClF2N4O3. The zero-order chi connectivity index (χ0) is 21.4. The summed E-state index contributed by atoms with van der Waals surface area (Å²) in [6.45, 7) is 3.55. The van der Waals surface area contributed by atoms with Gasteiger partial charge in [0.2, 0.25) is 0 Å². The quantitative estimate of drug-likeness (QED) is 0.575. The first kappa shape index (κ1) is 20.5. The highest BCUT2D eigenvalue weighted by atomic mass is 35.5. The molecule has 2 aromatic heterocycles. The van der Waals surface area contributed by atoms with Gasteiger partial charge >= 0.3 is 0 Å². The van der Waals surface area contributed by atoms with Crippen molar-refractivity contribution in [1.29, 1.82) is 0 Å². The number of fused-ring (bicyclic) bond motifs is 1. The van der Waals surface area contributed by atoms with Gasteiger partial charge in [0.1, 0.15) is 11.0 Å². The lowest BCUT2D eigenvalue weighted by Crippen LogP contribution is -2.41. The van der Waals surface area contributed by atoms with Crippen LogP contribution in [0.25, 0.3) is 22.3 Å². The number of morpholine rings is 1. The maximum absolute atomic E-state index is 15.1. The number of methoxy groups -OCH3 is 2. The van der Waals surface area contributed by atoms with Crippen LogP contribution in [0.2, 0.25) is 5.15 Å². The molecule has 0 N–H and O–H groups in total. The number of hydrogen-bond acceptors (Lipinski definition) is 7. The minimum Gasteiger partial charge on any atom is -0.494 e. The monoisotopic (exact) mass is 436 g/mol. The Kier molecular flexibility index (Phi) is 5.57. The molecule has 1 aliphatic rings. The van der Waals surface area contributed by atoms with Crippen LogP contribution >= 0.6 is 11.6 Å². The van der Waals surface area contributed by atoms with Crippen LogP contribution in [-0.2, 0) is 4.74 Å². The third-order valence-corrected chi connectivity index (χ3v) is 5.07. The van der Waals surface area contributed by atoms with Crippen LogP contribution in [0.15, 0.2) is 18.3 Å². The molecule has 1 aromatic carbocycles. The van der Waals surface area contributed by atoms with E-state index >= 15 is 8.78 Å². The van der Waals surface area contributed by atoms with Gasteiger partial charge in [-0.3, -0.25) is 0 Å². The second-order valence-corrected chi connectivity index (χ2v) is 7.19. The molecule has 3 heterocycles. The van der Waals surface area contributed by atoms with E-state index in [9.17, 15) is 0 Å². The third kappa shape index (κ3) is 3.59. The van der Waals surface area contributed by atoms with Gasteiger partial charge in [-0.25, -0.2) is 23.7 Å².